The van der Waals surface area contributed by atoms with Crippen molar-refractivity contribution < 1.29 is 39.3 Å². The second kappa shape index (κ2) is 5.27. The van der Waals surface area contributed by atoms with Crippen LogP contribution >= 0.6 is 0 Å². The summed E-state index contributed by atoms with van der Waals surface area (Å²) in [5, 5.41) is 0. The van der Waals surface area contributed by atoms with E-state index in [0.717, 1.165) is 0 Å². The van der Waals surface area contributed by atoms with Crippen molar-refractivity contribution in [3.8, 4) is 0 Å². The fourth-order valence-corrected chi connectivity index (χ4v) is 0. The van der Waals surface area contributed by atoms with Crippen LogP contribution < -0.4 is 0 Å². The van der Waals surface area contributed by atoms with Gasteiger partial charge in [0.15, 0.2) is 6.67 Å². The second-order valence-corrected chi connectivity index (χ2v) is 2.88. The molecule has 0 aromatic rings. The van der Waals surface area contributed by atoms with E-state index in [1.807, 2.05) is 0 Å². The SMILES string of the molecule is FCC(F)F.O=S(=O)(O)C(F)(F)F. The summed E-state index contributed by atoms with van der Waals surface area (Å²) in [6, 6.07) is 0. The van der Waals surface area contributed by atoms with E-state index in [9.17, 15) is 26.3 Å². The summed E-state index contributed by atoms with van der Waals surface area (Å²) in [6.45, 7) is -1.53. The highest BCUT2D eigenvalue weighted by Crippen LogP contribution is 2.20. The maximum atomic E-state index is 10.7. The Morgan fingerprint density at radius 1 is 1.23 bits per heavy atom. The van der Waals surface area contributed by atoms with Crippen LogP contribution in [-0.4, -0.2) is 31.6 Å². The Bertz CT molecular complexity index is 218. The van der Waals surface area contributed by atoms with Gasteiger partial charge in [-0.25, -0.2) is 13.2 Å². The molecule has 0 bridgehead atoms. The number of rotatable bonds is 1. The van der Waals surface area contributed by atoms with Crippen molar-refractivity contribution >= 4 is 10.1 Å². The molecule has 0 fully saturated rings. The molecular formula is C3H4F6O3S. The second-order valence-electron chi connectivity index (χ2n) is 1.47. The van der Waals surface area contributed by atoms with Gasteiger partial charge in [-0.1, -0.05) is 0 Å². The van der Waals surface area contributed by atoms with Crippen LogP contribution in [0.4, 0.5) is 26.3 Å². The first-order valence-corrected chi connectivity index (χ1v) is 3.84. The van der Waals surface area contributed by atoms with Gasteiger partial charge < -0.3 is 0 Å². The van der Waals surface area contributed by atoms with Crippen LogP contribution in [0.25, 0.3) is 0 Å². The zero-order valence-corrected chi connectivity index (χ0v) is 6.54. The molecule has 1 N–H and O–H groups in total. The highest BCUT2D eigenvalue weighted by molar-refractivity contribution is 7.86. The first-order valence-electron chi connectivity index (χ1n) is 2.40. The molecule has 0 aromatic heterocycles. The molecule has 0 heterocycles. The van der Waals surface area contributed by atoms with Crippen molar-refractivity contribution in [3.63, 3.8) is 0 Å². The Labute approximate surface area is 69.1 Å². The van der Waals surface area contributed by atoms with Gasteiger partial charge in [0.05, 0.1) is 0 Å². The molecule has 0 aromatic carbocycles. The van der Waals surface area contributed by atoms with Crippen molar-refractivity contribution in [3.05, 3.63) is 0 Å². The van der Waals surface area contributed by atoms with Crippen molar-refractivity contribution in [2.24, 2.45) is 0 Å². The predicted octanol–water partition coefficient (Wildman–Crippen LogP) is 1.62. The van der Waals surface area contributed by atoms with E-state index in [1.54, 1.807) is 0 Å². The summed E-state index contributed by atoms with van der Waals surface area (Å²) in [5.41, 5.74) is -5.53. The van der Waals surface area contributed by atoms with Crippen molar-refractivity contribution in [2.45, 2.75) is 11.9 Å². The van der Waals surface area contributed by atoms with Gasteiger partial charge in [0, 0.05) is 0 Å². The molecule has 0 unspecified atom stereocenters. The summed E-state index contributed by atoms with van der Waals surface area (Å²) in [4.78, 5) is 0. The molecule has 0 saturated carbocycles. The van der Waals surface area contributed by atoms with E-state index in [1.165, 1.54) is 0 Å². The number of alkyl halides is 6. The van der Waals surface area contributed by atoms with Crippen LogP contribution in [0.3, 0.4) is 0 Å². The molecule has 0 aliphatic carbocycles. The standard InChI is InChI=1S/C2H3F3.CHF3O3S/c3-1-2(4)5;2-1(3,4)8(5,6)7/h2H,1H2;(H,5,6,7). The van der Waals surface area contributed by atoms with E-state index in [0.29, 0.717) is 0 Å². The van der Waals surface area contributed by atoms with Gasteiger partial charge in [-0.3, -0.25) is 4.55 Å². The summed E-state index contributed by atoms with van der Waals surface area (Å²) in [5.74, 6) is 0. The smallest absolute Gasteiger partial charge is 0.279 e. The van der Waals surface area contributed by atoms with Gasteiger partial charge in [-0.05, 0) is 0 Å². The topological polar surface area (TPSA) is 54.4 Å². The minimum atomic E-state index is -5.84. The Balaban J connectivity index is 0. The van der Waals surface area contributed by atoms with Crippen LogP contribution in [0.2, 0.25) is 0 Å². The van der Waals surface area contributed by atoms with E-state index in [-0.39, 0.29) is 0 Å². The predicted molar refractivity (Wildman–Crippen MR) is 29.6 cm³/mol. The summed E-state index contributed by atoms with van der Waals surface area (Å²) >= 11 is 0. The van der Waals surface area contributed by atoms with Crippen LogP contribution in [0.5, 0.6) is 0 Å². The number of halogens is 6. The largest absolute Gasteiger partial charge is 0.522 e. The van der Waals surface area contributed by atoms with Gasteiger partial charge in [-0.2, -0.15) is 21.6 Å². The molecule has 3 nitrogen and oxygen atoms in total. The lowest BCUT2D eigenvalue weighted by Gasteiger charge is -1.97. The normalized spacial score (nSPS) is 12.3. The van der Waals surface area contributed by atoms with Gasteiger partial charge in [0.2, 0.25) is 0 Å². The molecule has 82 valence electrons. The average Bonchev–Trinajstić information content (AvgIpc) is 1.84. The molecule has 0 atom stereocenters. The first-order chi connectivity index (χ1) is 5.52. The third kappa shape index (κ3) is 9.40. The maximum Gasteiger partial charge on any atom is 0.522 e. The van der Waals surface area contributed by atoms with Crippen molar-refractivity contribution in [2.75, 3.05) is 6.67 Å². The van der Waals surface area contributed by atoms with Crippen LogP contribution in [0, 0.1) is 0 Å². The first kappa shape index (κ1) is 15.0. The lowest BCUT2D eigenvalue weighted by atomic mass is 10.8. The zero-order chi connectivity index (χ0) is 11.3. The quantitative estimate of drug-likeness (QED) is 0.426. The van der Waals surface area contributed by atoms with Gasteiger partial charge in [-0.15, -0.1) is 0 Å². The third-order valence-corrected chi connectivity index (χ3v) is 0.994. The molecule has 0 radical (unpaired) electrons. The molecule has 0 aliphatic heterocycles. The molecule has 0 saturated heterocycles. The number of hydrogen-bond donors (Lipinski definition) is 1. The lowest BCUT2D eigenvalue weighted by Crippen LogP contribution is -2.21. The maximum absolute atomic E-state index is 10.7. The summed E-state index contributed by atoms with van der Waals surface area (Å²) in [6.07, 6.45) is -2.78. The van der Waals surface area contributed by atoms with E-state index in [4.69, 9.17) is 13.0 Å². The lowest BCUT2D eigenvalue weighted by molar-refractivity contribution is -0.0510. The Hall–Kier alpha value is -0.510. The van der Waals surface area contributed by atoms with Gasteiger partial charge in [0.25, 0.3) is 6.43 Å². The third-order valence-electron chi connectivity index (χ3n) is 0.409. The minimum absolute atomic E-state index is 1.53. The average molecular weight is 234 g/mol. The monoisotopic (exact) mass is 234 g/mol. The molecule has 0 amide bonds. The highest BCUT2D eigenvalue weighted by atomic mass is 32.2. The summed E-state index contributed by atoms with van der Waals surface area (Å²) in [7, 11) is -5.84. The Kier molecular flexibility index (Phi) is 6.07. The van der Waals surface area contributed by atoms with E-state index < -0.39 is 28.7 Å². The zero-order valence-electron chi connectivity index (χ0n) is 5.72. The molecule has 0 aliphatic rings. The molecule has 13 heavy (non-hydrogen) atoms. The molecular weight excluding hydrogens is 230 g/mol. The fraction of sp³-hybridized carbons (Fsp3) is 1.00. The highest BCUT2D eigenvalue weighted by Gasteiger charge is 2.44. The molecule has 0 rings (SSSR count). The van der Waals surface area contributed by atoms with Crippen molar-refractivity contribution in [1.82, 2.24) is 0 Å². The van der Waals surface area contributed by atoms with Crippen LogP contribution in [0.1, 0.15) is 0 Å². The minimum Gasteiger partial charge on any atom is -0.279 e. The van der Waals surface area contributed by atoms with Crippen LogP contribution in [-0.2, 0) is 10.1 Å². The molecule has 10 heteroatoms. The Morgan fingerprint density at radius 2 is 1.38 bits per heavy atom. The fourth-order valence-electron chi connectivity index (χ4n) is 0. The van der Waals surface area contributed by atoms with Crippen LogP contribution in [0.15, 0.2) is 0 Å². The number of hydrogen-bond acceptors (Lipinski definition) is 2. The summed E-state index contributed by atoms with van der Waals surface area (Å²) < 4.78 is 88.7. The Morgan fingerprint density at radius 3 is 1.38 bits per heavy atom. The van der Waals surface area contributed by atoms with E-state index >= 15 is 0 Å². The van der Waals surface area contributed by atoms with E-state index in [2.05, 4.69) is 0 Å². The van der Waals surface area contributed by atoms with Crippen molar-refractivity contribution in [1.29, 1.82) is 0 Å². The van der Waals surface area contributed by atoms with Gasteiger partial charge in [0.1, 0.15) is 0 Å². The van der Waals surface area contributed by atoms with Gasteiger partial charge >= 0.3 is 15.6 Å². The molecule has 0 spiro atoms.